The second-order valence-corrected chi connectivity index (χ2v) is 5.51. The summed E-state index contributed by atoms with van der Waals surface area (Å²) in [6.45, 7) is 1.38. The molecule has 1 N–H and O–H groups in total. The van der Waals surface area contributed by atoms with E-state index < -0.39 is 0 Å². The van der Waals surface area contributed by atoms with Crippen LogP contribution in [-0.4, -0.2) is 18.6 Å². The summed E-state index contributed by atoms with van der Waals surface area (Å²) in [5.74, 6) is 0.0739. The normalized spacial score (nSPS) is 19.5. The maximum Gasteiger partial charge on any atom is 0.222 e. The number of benzene rings is 1. The fraction of sp³-hybridized carbons (Fsp3) is 0.500. The van der Waals surface area contributed by atoms with Crippen molar-refractivity contribution in [2.45, 2.75) is 38.3 Å². The zero-order chi connectivity index (χ0) is 12.8. The van der Waals surface area contributed by atoms with Crippen molar-refractivity contribution in [3.05, 3.63) is 34.3 Å². The number of hydrogen-bond donors (Lipinski definition) is 1. The molecule has 1 aromatic rings. The Balaban J connectivity index is 1.72. The second-order valence-electron chi connectivity index (χ2n) is 4.60. The van der Waals surface area contributed by atoms with Crippen LogP contribution in [0.15, 0.2) is 28.7 Å². The molecule has 0 bridgehead atoms. The highest BCUT2D eigenvalue weighted by atomic mass is 79.9. The second kappa shape index (κ2) is 6.90. The van der Waals surface area contributed by atoms with Gasteiger partial charge in [-0.2, -0.15) is 0 Å². The number of nitrogens with one attached hydrogen (secondary N) is 1. The molecule has 0 aliphatic carbocycles. The molecular formula is C14H18BrNO2. The van der Waals surface area contributed by atoms with Crippen LogP contribution < -0.4 is 5.32 Å². The molecule has 1 aliphatic heterocycles. The van der Waals surface area contributed by atoms with Gasteiger partial charge in [0.05, 0.1) is 12.5 Å². The van der Waals surface area contributed by atoms with E-state index in [4.69, 9.17) is 4.74 Å². The summed E-state index contributed by atoms with van der Waals surface area (Å²) in [6, 6.07) is 7.96. The van der Waals surface area contributed by atoms with Gasteiger partial charge in [-0.25, -0.2) is 0 Å². The first-order chi connectivity index (χ1) is 8.74. The van der Waals surface area contributed by atoms with Crippen LogP contribution in [0.3, 0.4) is 0 Å². The van der Waals surface area contributed by atoms with E-state index in [1.54, 1.807) is 0 Å². The average molecular weight is 312 g/mol. The van der Waals surface area contributed by atoms with Gasteiger partial charge >= 0.3 is 0 Å². The topological polar surface area (TPSA) is 38.3 Å². The highest BCUT2D eigenvalue weighted by Crippen LogP contribution is 2.15. The molecule has 1 amide bonds. The van der Waals surface area contributed by atoms with Crippen molar-refractivity contribution in [3.8, 4) is 0 Å². The van der Waals surface area contributed by atoms with E-state index in [1.807, 2.05) is 24.3 Å². The third-order valence-corrected chi connectivity index (χ3v) is 3.62. The van der Waals surface area contributed by atoms with Crippen molar-refractivity contribution in [1.29, 1.82) is 0 Å². The Kier molecular flexibility index (Phi) is 5.20. The molecule has 4 heteroatoms. The first-order valence-electron chi connectivity index (χ1n) is 6.37. The Morgan fingerprint density at radius 1 is 1.33 bits per heavy atom. The third kappa shape index (κ3) is 4.42. The van der Waals surface area contributed by atoms with Gasteiger partial charge in [0.15, 0.2) is 0 Å². The largest absolute Gasteiger partial charge is 0.378 e. The quantitative estimate of drug-likeness (QED) is 0.928. The standard InChI is InChI=1S/C14H18BrNO2/c15-12-6-4-11(5-7-12)10-16-14(17)9-13-3-1-2-8-18-13/h4-7,13H,1-3,8-10H2,(H,16,17). The zero-order valence-corrected chi connectivity index (χ0v) is 11.9. The number of amides is 1. The van der Waals surface area contributed by atoms with Gasteiger partial charge in [0.25, 0.3) is 0 Å². The van der Waals surface area contributed by atoms with Crippen molar-refractivity contribution < 1.29 is 9.53 Å². The molecule has 3 nitrogen and oxygen atoms in total. The minimum absolute atomic E-state index is 0.0739. The minimum Gasteiger partial charge on any atom is -0.378 e. The van der Waals surface area contributed by atoms with Crippen molar-refractivity contribution in [2.75, 3.05) is 6.61 Å². The summed E-state index contributed by atoms with van der Waals surface area (Å²) in [7, 11) is 0. The zero-order valence-electron chi connectivity index (χ0n) is 10.3. The van der Waals surface area contributed by atoms with E-state index in [1.165, 1.54) is 6.42 Å². The molecule has 1 fully saturated rings. The van der Waals surface area contributed by atoms with E-state index in [9.17, 15) is 4.79 Å². The predicted molar refractivity (Wildman–Crippen MR) is 74.2 cm³/mol. The van der Waals surface area contributed by atoms with E-state index in [-0.39, 0.29) is 12.0 Å². The maximum absolute atomic E-state index is 11.8. The van der Waals surface area contributed by atoms with Crippen molar-refractivity contribution in [2.24, 2.45) is 0 Å². The fourth-order valence-corrected chi connectivity index (χ4v) is 2.31. The van der Waals surface area contributed by atoms with Crippen LogP contribution in [0.5, 0.6) is 0 Å². The molecule has 0 saturated carbocycles. The van der Waals surface area contributed by atoms with Crippen LogP contribution in [0, 0.1) is 0 Å². The van der Waals surface area contributed by atoms with E-state index in [2.05, 4.69) is 21.2 Å². The Hall–Kier alpha value is -0.870. The predicted octanol–water partition coefficient (Wildman–Crippen LogP) is 3.02. The van der Waals surface area contributed by atoms with Crippen LogP contribution in [0.1, 0.15) is 31.2 Å². The third-order valence-electron chi connectivity index (χ3n) is 3.09. The number of carbonyl (C=O) groups is 1. The van der Waals surface area contributed by atoms with Gasteiger partial charge in [0.2, 0.25) is 5.91 Å². The van der Waals surface area contributed by atoms with Crippen LogP contribution in [0.4, 0.5) is 0 Å². The number of ether oxygens (including phenoxy) is 1. The Bertz CT molecular complexity index is 385. The lowest BCUT2D eigenvalue weighted by atomic mass is 10.1. The molecule has 2 rings (SSSR count). The lowest BCUT2D eigenvalue weighted by Gasteiger charge is -2.21. The van der Waals surface area contributed by atoms with Gasteiger partial charge in [-0.15, -0.1) is 0 Å². The van der Waals surface area contributed by atoms with Crippen molar-refractivity contribution >= 4 is 21.8 Å². The van der Waals surface area contributed by atoms with Crippen molar-refractivity contribution in [1.82, 2.24) is 5.32 Å². The number of hydrogen-bond acceptors (Lipinski definition) is 2. The Morgan fingerprint density at radius 3 is 2.78 bits per heavy atom. The van der Waals surface area contributed by atoms with E-state index in [0.29, 0.717) is 13.0 Å². The summed E-state index contributed by atoms with van der Waals surface area (Å²) in [5.41, 5.74) is 1.11. The molecule has 1 aliphatic rings. The van der Waals surface area contributed by atoms with Crippen molar-refractivity contribution in [3.63, 3.8) is 0 Å². The van der Waals surface area contributed by atoms with E-state index >= 15 is 0 Å². The van der Waals surface area contributed by atoms with Gasteiger partial charge < -0.3 is 10.1 Å². The summed E-state index contributed by atoms with van der Waals surface area (Å²) >= 11 is 3.39. The first-order valence-corrected chi connectivity index (χ1v) is 7.16. The average Bonchev–Trinajstić information content (AvgIpc) is 2.39. The van der Waals surface area contributed by atoms with Crippen LogP contribution in [0.25, 0.3) is 0 Å². The molecule has 1 aromatic carbocycles. The van der Waals surface area contributed by atoms with Crippen LogP contribution >= 0.6 is 15.9 Å². The fourth-order valence-electron chi connectivity index (χ4n) is 2.05. The molecule has 1 unspecified atom stereocenters. The highest BCUT2D eigenvalue weighted by Gasteiger charge is 2.17. The molecule has 0 aromatic heterocycles. The molecule has 1 heterocycles. The van der Waals surface area contributed by atoms with Crippen LogP contribution in [-0.2, 0) is 16.1 Å². The number of carbonyl (C=O) groups excluding carboxylic acids is 1. The lowest BCUT2D eigenvalue weighted by Crippen LogP contribution is -2.30. The van der Waals surface area contributed by atoms with Gasteiger partial charge in [0.1, 0.15) is 0 Å². The maximum atomic E-state index is 11.8. The van der Waals surface area contributed by atoms with Gasteiger partial charge in [-0.3, -0.25) is 4.79 Å². The molecular weight excluding hydrogens is 294 g/mol. The summed E-state index contributed by atoms with van der Waals surface area (Å²) in [6.07, 6.45) is 3.90. The van der Waals surface area contributed by atoms with Crippen LogP contribution in [0.2, 0.25) is 0 Å². The van der Waals surface area contributed by atoms with E-state index in [0.717, 1.165) is 29.5 Å². The Morgan fingerprint density at radius 2 is 2.11 bits per heavy atom. The molecule has 1 saturated heterocycles. The molecule has 0 radical (unpaired) electrons. The summed E-state index contributed by atoms with van der Waals surface area (Å²) < 4.78 is 6.60. The lowest BCUT2D eigenvalue weighted by molar-refractivity contribution is -0.125. The molecule has 1 atom stereocenters. The first kappa shape index (κ1) is 13.6. The smallest absolute Gasteiger partial charge is 0.222 e. The number of rotatable bonds is 4. The highest BCUT2D eigenvalue weighted by molar-refractivity contribution is 9.10. The monoisotopic (exact) mass is 311 g/mol. The van der Waals surface area contributed by atoms with Gasteiger partial charge in [0, 0.05) is 17.6 Å². The number of halogens is 1. The molecule has 0 spiro atoms. The van der Waals surface area contributed by atoms with Gasteiger partial charge in [-0.05, 0) is 37.0 Å². The summed E-state index contributed by atoms with van der Waals surface area (Å²) in [4.78, 5) is 11.8. The SMILES string of the molecule is O=C(CC1CCCCO1)NCc1ccc(Br)cc1. The molecule has 98 valence electrons. The van der Waals surface area contributed by atoms with Gasteiger partial charge in [-0.1, -0.05) is 28.1 Å². The Labute approximate surface area is 116 Å². The minimum atomic E-state index is 0.0739. The molecule has 18 heavy (non-hydrogen) atoms. The summed E-state index contributed by atoms with van der Waals surface area (Å²) in [5, 5.41) is 2.93.